The van der Waals surface area contributed by atoms with Gasteiger partial charge in [-0.3, -0.25) is 9.59 Å². The standard InChI is InChI=1S/C13H16N2O5S/c16-11-2-1-9(20-11)13(17)15(7-10-14-3-6-21-10)8-12-18-4-5-19-12/h3,6,9,12H,1-2,4-5,7-8H2. The summed E-state index contributed by atoms with van der Waals surface area (Å²) in [5, 5.41) is 2.68. The highest BCUT2D eigenvalue weighted by Gasteiger charge is 2.35. The van der Waals surface area contributed by atoms with Gasteiger partial charge in [-0.2, -0.15) is 0 Å². The molecule has 1 amide bonds. The van der Waals surface area contributed by atoms with Gasteiger partial charge in [0.05, 0.1) is 26.3 Å². The highest BCUT2D eigenvalue weighted by molar-refractivity contribution is 7.09. The molecular weight excluding hydrogens is 296 g/mol. The number of ether oxygens (including phenoxy) is 3. The number of esters is 1. The molecule has 1 atom stereocenters. The van der Waals surface area contributed by atoms with Crippen molar-refractivity contribution in [3.63, 3.8) is 0 Å². The first-order valence-corrected chi connectivity index (χ1v) is 7.70. The van der Waals surface area contributed by atoms with Crippen molar-refractivity contribution in [2.75, 3.05) is 19.8 Å². The fourth-order valence-corrected chi connectivity index (χ4v) is 2.95. The molecule has 1 aromatic heterocycles. The van der Waals surface area contributed by atoms with Crippen molar-refractivity contribution >= 4 is 23.2 Å². The van der Waals surface area contributed by atoms with Crippen LogP contribution in [0, 0.1) is 0 Å². The maximum Gasteiger partial charge on any atom is 0.306 e. The minimum atomic E-state index is -0.695. The summed E-state index contributed by atoms with van der Waals surface area (Å²) in [7, 11) is 0. The highest BCUT2D eigenvalue weighted by Crippen LogP contribution is 2.19. The number of rotatable bonds is 5. The Bertz CT molecular complexity index is 501. The maximum absolute atomic E-state index is 12.5. The Hall–Kier alpha value is -1.51. The minimum absolute atomic E-state index is 0.213. The molecule has 0 bridgehead atoms. The summed E-state index contributed by atoms with van der Waals surface area (Å²) in [6, 6.07) is 0. The molecule has 0 saturated carbocycles. The molecule has 2 aliphatic heterocycles. The second-order valence-corrected chi connectivity index (χ2v) is 5.81. The van der Waals surface area contributed by atoms with E-state index in [-0.39, 0.29) is 18.3 Å². The Morgan fingerprint density at radius 2 is 2.24 bits per heavy atom. The third-order valence-corrected chi connectivity index (χ3v) is 4.11. The number of thiazole rings is 1. The second-order valence-electron chi connectivity index (χ2n) is 4.83. The topological polar surface area (TPSA) is 78.0 Å². The van der Waals surface area contributed by atoms with Gasteiger partial charge in [-0.25, -0.2) is 4.98 Å². The lowest BCUT2D eigenvalue weighted by Gasteiger charge is -2.26. The first-order chi connectivity index (χ1) is 10.2. The van der Waals surface area contributed by atoms with Crippen molar-refractivity contribution in [2.45, 2.75) is 31.8 Å². The van der Waals surface area contributed by atoms with Crippen LogP contribution in [0.15, 0.2) is 11.6 Å². The van der Waals surface area contributed by atoms with Crippen LogP contribution in [0.1, 0.15) is 17.8 Å². The Balaban J connectivity index is 1.67. The average molecular weight is 312 g/mol. The van der Waals surface area contributed by atoms with Crippen molar-refractivity contribution in [1.29, 1.82) is 0 Å². The van der Waals surface area contributed by atoms with Gasteiger partial charge in [0.2, 0.25) is 0 Å². The molecule has 2 saturated heterocycles. The highest BCUT2D eigenvalue weighted by atomic mass is 32.1. The molecule has 0 aromatic carbocycles. The van der Waals surface area contributed by atoms with E-state index in [4.69, 9.17) is 14.2 Å². The summed E-state index contributed by atoms with van der Waals surface area (Å²) in [6.45, 7) is 1.74. The van der Waals surface area contributed by atoms with Crippen LogP contribution in [0.2, 0.25) is 0 Å². The molecule has 0 spiro atoms. The molecule has 0 N–H and O–H groups in total. The molecule has 0 aliphatic carbocycles. The predicted octanol–water partition coefficient (Wildman–Crippen LogP) is 0.550. The van der Waals surface area contributed by atoms with Crippen LogP contribution >= 0.6 is 11.3 Å². The zero-order chi connectivity index (χ0) is 14.7. The van der Waals surface area contributed by atoms with Gasteiger partial charge in [-0.15, -0.1) is 11.3 Å². The predicted molar refractivity (Wildman–Crippen MR) is 72.3 cm³/mol. The van der Waals surface area contributed by atoms with Crippen LogP contribution in [0.3, 0.4) is 0 Å². The molecule has 2 aliphatic rings. The van der Waals surface area contributed by atoms with Gasteiger partial charge in [0.15, 0.2) is 12.4 Å². The number of hydrogen-bond donors (Lipinski definition) is 0. The lowest BCUT2D eigenvalue weighted by molar-refractivity contribution is -0.156. The fourth-order valence-electron chi connectivity index (χ4n) is 2.32. The normalized spacial score (nSPS) is 22.5. The molecule has 114 valence electrons. The summed E-state index contributed by atoms with van der Waals surface area (Å²) in [4.78, 5) is 29.5. The molecular formula is C13H16N2O5S. The largest absolute Gasteiger partial charge is 0.452 e. The SMILES string of the molecule is O=C1CCC(C(=O)N(Cc2nccs2)CC2OCCO2)O1. The first kappa shape index (κ1) is 14.4. The van der Waals surface area contributed by atoms with Gasteiger partial charge in [-0.05, 0) is 0 Å². The van der Waals surface area contributed by atoms with E-state index in [2.05, 4.69) is 4.98 Å². The molecule has 3 heterocycles. The lowest BCUT2D eigenvalue weighted by Crippen LogP contribution is -2.43. The number of nitrogens with zero attached hydrogens (tertiary/aromatic N) is 2. The van der Waals surface area contributed by atoms with Crippen molar-refractivity contribution < 1.29 is 23.8 Å². The summed E-state index contributed by atoms with van der Waals surface area (Å²) in [5.74, 6) is -0.536. The number of aromatic nitrogens is 1. The third kappa shape index (κ3) is 3.58. The second kappa shape index (κ2) is 6.50. The van der Waals surface area contributed by atoms with Crippen LogP contribution in [0.4, 0.5) is 0 Å². The molecule has 0 radical (unpaired) electrons. The Morgan fingerprint density at radius 1 is 1.43 bits per heavy atom. The number of carbonyl (C=O) groups is 2. The van der Waals surface area contributed by atoms with E-state index in [1.54, 1.807) is 11.1 Å². The van der Waals surface area contributed by atoms with Gasteiger partial charge in [0.25, 0.3) is 5.91 Å². The minimum Gasteiger partial charge on any atom is -0.452 e. The first-order valence-electron chi connectivity index (χ1n) is 6.82. The van der Waals surface area contributed by atoms with Gasteiger partial charge >= 0.3 is 5.97 Å². The van der Waals surface area contributed by atoms with Crippen molar-refractivity contribution in [3.8, 4) is 0 Å². The van der Waals surface area contributed by atoms with Gasteiger partial charge < -0.3 is 19.1 Å². The van der Waals surface area contributed by atoms with Crippen LogP contribution in [-0.2, 0) is 30.3 Å². The van der Waals surface area contributed by atoms with Crippen LogP contribution in [0.25, 0.3) is 0 Å². The van der Waals surface area contributed by atoms with Gasteiger partial charge in [-0.1, -0.05) is 0 Å². The smallest absolute Gasteiger partial charge is 0.306 e. The van der Waals surface area contributed by atoms with Crippen molar-refractivity contribution in [1.82, 2.24) is 9.88 Å². The van der Waals surface area contributed by atoms with E-state index in [0.717, 1.165) is 5.01 Å². The molecule has 3 rings (SSSR count). The number of cyclic esters (lactones) is 1. The Morgan fingerprint density at radius 3 is 2.86 bits per heavy atom. The Kier molecular flexibility index (Phi) is 4.47. The zero-order valence-electron chi connectivity index (χ0n) is 11.4. The molecule has 2 fully saturated rings. The maximum atomic E-state index is 12.5. The molecule has 21 heavy (non-hydrogen) atoms. The van der Waals surface area contributed by atoms with Crippen LogP contribution < -0.4 is 0 Å². The number of carbonyl (C=O) groups excluding carboxylic acids is 2. The fraction of sp³-hybridized carbons (Fsp3) is 0.615. The van der Waals surface area contributed by atoms with E-state index in [0.29, 0.717) is 32.7 Å². The summed E-state index contributed by atoms with van der Waals surface area (Å²) in [5.41, 5.74) is 0. The summed E-state index contributed by atoms with van der Waals surface area (Å²) < 4.78 is 15.9. The number of hydrogen-bond acceptors (Lipinski definition) is 7. The van der Waals surface area contributed by atoms with Crippen LogP contribution in [-0.4, -0.2) is 53.9 Å². The molecule has 8 heteroatoms. The summed E-state index contributed by atoms with van der Waals surface area (Å²) in [6.07, 6.45) is 1.29. The zero-order valence-corrected chi connectivity index (χ0v) is 12.2. The molecule has 1 unspecified atom stereocenters. The van der Waals surface area contributed by atoms with Gasteiger partial charge in [0.1, 0.15) is 5.01 Å². The van der Waals surface area contributed by atoms with Crippen LogP contribution in [0.5, 0.6) is 0 Å². The quantitative estimate of drug-likeness (QED) is 0.739. The number of amides is 1. The summed E-state index contributed by atoms with van der Waals surface area (Å²) >= 11 is 1.48. The van der Waals surface area contributed by atoms with E-state index in [1.807, 2.05) is 5.38 Å². The average Bonchev–Trinajstić information content (AvgIpc) is 3.19. The third-order valence-electron chi connectivity index (χ3n) is 3.34. The lowest BCUT2D eigenvalue weighted by atomic mass is 10.2. The van der Waals surface area contributed by atoms with Crippen molar-refractivity contribution in [3.05, 3.63) is 16.6 Å². The van der Waals surface area contributed by atoms with Crippen molar-refractivity contribution in [2.24, 2.45) is 0 Å². The van der Waals surface area contributed by atoms with E-state index in [9.17, 15) is 9.59 Å². The Labute approximate surface area is 125 Å². The van der Waals surface area contributed by atoms with E-state index < -0.39 is 12.4 Å². The molecule has 1 aromatic rings. The van der Waals surface area contributed by atoms with E-state index in [1.165, 1.54) is 11.3 Å². The monoisotopic (exact) mass is 312 g/mol. The van der Waals surface area contributed by atoms with E-state index >= 15 is 0 Å². The molecule has 7 nitrogen and oxygen atoms in total. The van der Waals surface area contributed by atoms with Gasteiger partial charge in [0, 0.05) is 24.4 Å².